The van der Waals surface area contributed by atoms with Crippen LogP contribution in [0.25, 0.3) is 9.75 Å². The van der Waals surface area contributed by atoms with Crippen LogP contribution in [0.15, 0.2) is 35.0 Å². The number of rotatable bonds is 39. The van der Waals surface area contributed by atoms with Crippen molar-refractivity contribution in [3.63, 3.8) is 0 Å². The molecular formula is C51H84NO4PS2. The maximum absolute atomic E-state index is 14.7. The molecule has 1 aliphatic rings. The molecule has 0 bridgehead atoms. The van der Waals surface area contributed by atoms with E-state index in [1.807, 2.05) is 12.1 Å². The maximum Gasteiger partial charge on any atom is 0.207 e. The molecule has 5 nitrogen and oxygen atoms in total. The van der Waals surface area contributed by atoms with E-state index in [9.17, 15) is 4.57 Å². The van der Waals surface area contributed by atoms with Gasteiger partial charge in [0.25, 0.3) is 0 Å². The van der Waals surface area contributed by atoms with Gasteiger partial charge in [-0.05, 0) is 59.9 Å². The lowest BCUT2D eigenvalue weighted by Crippen LogP contribution is -2.22. The molecule has 0 saturated heterocycles. The Morgan fingerprint density at radius 1 is 0.458 bits per heavy atom. The smallest absolute Gasteiger partial charge is 0.207 e. The summed E-state index contributed by atoms with van der Waals surface area (Å²) in [6.45, 7) is 9.31. The van der Waals surface area contributed by atoms with Crippen molar-refractivity contribution < 1.29 is 18.8 Å². The van der Waals surface area contributed by atoms with E-state index in [0.717, 1.165) is 62.4 Å². The van der Waals surface area contributed by atoms with Gasteiger partial charge in [0.1, 0.15) is 0 Å². The Kier molecular flexibility index (Phi) is 26.3. The Balaban J connectivity index is 1.39. The first kappa shape index (κ1) is 49.9. The van der Waals surface area contributed by atoms with Crippen molar-refractivity contribution in [2.45, 2.75) is 220 Å². The van der Waals surface area contributed by atoms with Gasteiger partial charge < -0.3 is 14.2 Å². The number of unbranched alkanes of at least 4 members (excludes halogenated alkanes) is 27. The van der Waals surface area contributed by atoms with Crippen molar-refractivity contribution in [1.29, 1.82) is 0 Å². The van der Waals surface area contributed by atoms with Crippen LogP contribution in [0.2, 0.25) is 0 Å². The molecule has 59 heavy (non-hydrogen) atoms. The van der Waals surface area contributed by atoms with Gasteiger partial charge in [-0.1, -0.05) is 194 Å². The molecule has 0 spiro atoms. The first-order chi connectivity index (χ1) is 29.1. The summed E-state index contributed by atoms with van der Waals surface area (Å²) in [6, 6.07) is 8.34. The zero-order valence-corrected chi connectivity index (χ0v) is 40.4. The topological polar surface area (TPSA) is 56.8 Å². The van der Waals surface area contributed by atoms with Gasteiger partial charge in [-0.3, -0.25) is 9.65 Å². The predicted octanol–water partition coefficient (Wildman–Crippen LogP) is 16.7. The molecule has 0 aliphatic carbocycles. The van der Waals surface area contributed by atoms with Gasteiger partial charge in [0.05, 0.1) is 29.6 Å². The summed E-state index contributed by atoms with van der Waals surface area (Å²) in [5, 5.41) is 9.61. The molecule has 2 aromatic heterocycles. The van der Waals surface area contributed by atoms with E-state index in [4.69, 9.17) is 14.2 Å². The van der Waals surface area contributed by atoms with Gasteiger partial charge in [0.15, 0.2) is 11.5 Å². The predicted molar refractivity (Wildman–Crippen MR) is 260 cm³/mol. The van der Waals surface area contributed by atoms with Gasteiger partial charge >= 0.3 is 0 Å². The van der Waals surface area contributed by atoms with Gasteiger partial charge in [0.2, 0.25) is 13.0 Å². The first-order valence-electron chi connectivity index (χ1n) is 24.7. The van der Waals surface area contributed by atoms with Gasteiger partial charge in [-0.15, -0.1) is 22.7 Å². The number of ether oxygens (including phenoxy) is 3. The quantitative estimate of drug-likeness (QED) is 0.0457. The van der Waals surface area contributed by atoms with E-state index < -0.39 is 7.29 Å². The molecule has 334 valence electrons. The molecule has 1 aromatic carbocycles. The number of hydrogen-bond acceptors (Lipinski definition) is 6. The fourth-order valence-corrected chi connectivity index (χ4v) is 13.9. The number of thiophene rings is 2. The lowest BCUT2D eigenvalue weighted by molar-refractivity contribution is 0.234. The number of hydrogen-bond donors (Lipinski definition) is 1. The summed E-state index contributed by atoms with van der Waals surface area (Å²) in [6.07, 6.45) is 38.9. The van der Waals surface area contributed by atoms with E-state index >= 15 is 0 Å². The molecule has 0 atom stereocenters. The van der Waals surface area contributed by atoms with E-state index in [0.29, 0.717) is 26.4 Å². The molecule has 3 heterocycles. The van der Waals surface area contributed by atoms with Crippen LogP contribution in [0.1, 0.15) is 219 Å². The van der Waals surface area contributed by atoms with Crippen LogP contribution < -0.4 is 29.9 Å². The summed E-state index contributed by atoms with van der Waals surface area (Å²) in [5.74, 6) is 2.28. The molecule has 0 unspecified atom stereocenters. The number of benzene rings is 1. The minimum Gasteiger partial charge on any atom is -0.490 e. The summed E-state index contributed by atoms with van der Waals surface area (Å²) < 4.78 is 34.6. The maximum atomic E-state index is 14.7. The van der Waals surface area contributed by atoms with Crippen LogP contribution >= 0.6 is 30.0 Å². The van der Waals surface area contributed by atoms with Crippen molar-refractivity contribution >= 4 is 40.6 Å². The standard InChI is InChI=1S/C51H84NO4PS2/c1-4-7-10-13-16-19-22-25-28-31-36-54-45-41-44(43-52-57(53)47-34-39-58-50(47)51-48(57)35-40-59-51)42-46(55-37-32-29-26-23-20-17-14-11-8-5-2)49(45)56-38-33-30-27-24-21-18-15-12-9-6-3/h34-35,39-42H,4-33,36-38,43H2,1-3H3,(H,52,53). The van der Waals surface area contributed by atoms with Crippen LogP contribution in [0.4, 0.5) is 0 Å². The van der Waals surface area contributed by atoms with Gasteiger partial charge in [0, 0.05) is 17.2 Å². The molecular weight excluding hydrogens is 786 g/mol. The highest BCUT2D eigenvalue weighted by Crippen LogP contribution is 2.53. The molecule has 0 saturated carbocycles. The third-order valence-corrected chi connectivity index (χ3v) is 17.0. The zero-order chi connectivity index (χ0) is 41.6. The third kappa shape index (κ3) is 18.2. The molecule has 3 aromatic rings. The van der Waals surface area contributed by atoms with Crippen LogP contribution in [0.5, 0.6) is 17.2 Å². The highest BCUT2D eigenvalue weighted by atomic mass is 32.1. The Morgan fingerprint density at radius 3 is 1.14 bits per heavy atom. The van der Waals surface area contributed by atoms with Crippen LogP contribution in [-0.2, 0) is 11.1 Å². The third-order valence-electron chi connectivity index (χ3n) is 12.0. The largest absolute Gasteiger partial charge is 0.490 e. The molecule has 4 rings (SSSR count). The summed E-state index contributed by atoms with van der Waals surface area (Å²) in [4.78, 5) is 2.31. The molecule has 0 radical (unpaired) electrons. The summed E-state index contributed by atoms with van der Waals surface area (Å²) in [7, 11) is -2.94. The normalized spacial score (nSPS) is 12.9. The summed E-state index contributed by atoms with van der Waals surface area (Å²) >= 11 is 3.38. The average molecular weight is 870 g/mol. The van der Waals surface area contributed by atoms with E-state index in [1.54, 1.807) is 22.7 Å². The Bertz CT molecular complexity index is 1460. The second-order valence-electron chi connectivity index (χ2n) is 17.2. The van der Waals surface area contributed by atoms with E-state index in [2.05, 4.69) is 48.8 Å². The Hall–Kier alpha value is -1.79. The fourth-order valence-electron chi connectivity index (χ4n) is 8.34. The molecule has 8 heteroatoms. The molecule has 0 fully saturated rings. The van der Waals surface area contributed by atoms with Crippen molar-refractivity contribution in [2.75, 3.05) is 19.8 Å². The van der Waals surface area contributed by atoms with Crippen LogP contribution in [-0.4, -0.2) is 19.8 Å². The van der Waals surface area contributed by atoms with Crippen LogP contribution in [0, 0.1) is 0 Å². The monoisotopic (exact) mass is 870 g/mol. The number of fused-ring (bicyclic) bond motifs is 3. The fraction of sp³-hybridized carbons (Fsp3) is 0.725. The van der Waals surface area contributed by atoms with Gasteiger partial charge in [-0.2, -0.15) is 0 Å². The lowest BCUT2D eigenvalue weighted by atomic mass is 10.1. The van der Waals surface area contributed by atoms with Gasteiger partial charge in [-0.25, -0.2) is 0 Å². The minimum absolute atomic E-state index is 0.462. The number of nitrogens with one attached hydrogen (secondary N) is 1. The minimum atomic E-state index is -2.94. The Morgan fingerprint density at radius 2 is 0.780 bits per heavy atom. The highest BCUT2D eigenvalue weighted by molar-refractivity contribution is 7.79. The van der Waals surface area contributed by atoms with Crippen molar-refractivity contribution in [3.05, 3.63) is 40.6 Å². The summed E-state index contributed by atoms with van der Waals surface area (Å²) in [5.41, 5.74) is 1.02. The van der Waals surface area contributed by atoms with Crippen molar-refractivity contribution in [3.8, 4) is 27.0 Å². The first-order valence-corrected chi connectivity index (χ1v) is 28.2. The van der Waals surface area contributed by atoms with Crippen molar-refractivity contribution in [2.24, 2.45) is 0 Å². The highest BCUT2D eigenvalue weighted by Gasteiger charge is 2.40. The zero-order valence-electron chi connectivity index (χ0n) is 37.9. The molecule has 1 aliphatic heterocycles. The van der Waals surface area contributed by atoms with Crippen LogP contribution in [0.3, 0.4) is 0 Å². The van der Waals surface area contributed by atoms with E-state index in [1.165, 1.54) is 173 Å². The SMILES string of the molecule is CCCCCCCCCCCCOc1cc(CNP2(=O)c3ccsc3-c3sccc32)cc(OCCCCCCCCCCCC)c1OCCCCCCCCCCCC. The Labute approximate surface area is 370 Å². The lowest BCUT2D eigenvalue weighted by Gasteiger charge is -2.20. The second-order valence-corrected chi connectivity index (χ2v) is 21.6. The van der Waals surface area contributed by atoms with Crippen molar-refractivity contribution in [1.82, 2.24) is 5.09 Å². The average Bonchev–Trinajstić information content (AvgIpc) is 3.99. The molecule has 0 amide bonds. The molecule has 1 N–H and O–H groups in total. The second kappa shape index (κ2) is 31.1. The van der Waals surface area contributed by atoms with E-state index in [-0.39, 0.29) is 0 Å².